The largest absolute Gasteiger partial charge is 0.480 e. The van der Waals surface area contributed by atoms with Gasteiger partial charge in [0.1, 0.15) is 24.8 Å². The van der Waals surface area contributed by atoms with Gasteiger partial charge in [0.15, 0.2) is 6.54 Å². The number of thioether (sulfide) groups is 1. The van der Waals surface area contributed by atoms with E-state index in [1.807, 2.05) is 0 Å². The highest BCUT2D eigenvalue weighted by molar-refractivity contribution is 8.00. The number of carboxylic acid groups (broad SMARTS) is 4. The molecule has 0 aliphatic carbocycles. The molecule has 2 aromatic heterocycles. The fourth-order valence-corrected chi connectivity index (χ4v) is 9.12. The maximum Gasteiger partial charge on any atom is 0.361 e. The number of hydrogen-bond donors (Lipinski definition) is 7. The first kappa shape index (κ1) is 47.0. The number of quaternary nitrogens is 1. The lowest BCUT2D eigenvalue weighted by atomic mass is 10.0. The Kier molecular flexibility index (Phi) is 16.0. The number of aliphatic hydroxyl groups is 2. The first-order valence-electron chi connectivity index (χ1n) is 19.9. The van der Waals surface area contributed by atoms with Gasteiger partial charge in [-0.15, -0.1) is 16.9 Å². The van der Waals surface area contributed by atoms with Crippen LogP contribution in [-0.2, 0) is 25.7 Å². The quantitative estimate of drug-likeness (QED) is 0.0641. The molecule has 5 rings (SSSR count). The molecular weight excluding hydrogens is 821 g/mol. The Morgan fingerprint density at radius 3 is 2.03 bits per heavy atom. The highest BCUT2D eigenvalue weighted by Gasteiger charge is 2.36. The Morgan fingerprint density at radius 2 is 1.51 bits per heavy atom. The number of hydrogen-bond acceptors (Lipinski definition) is 15. The average Bonchev–Trinajstić information content (AvgIpc) is 3.82. The van der Waals surface area contributed by atoms with Crippen molar-refractivity contribution in [3.8, 4) is 11.3 Å². The van der Waals surface area contributed by atoms with Crippen LogP contribution in [0.3, 0.4) is 0 Å². The van der Waals surface area contributed by atoms with Crippen LogP contribution in [0.15, 0.2) is 46.2 Å². The second-order valence-corrected chi connectivity index (χ2v) is 17.2. The zero-order valence-electron chi connectivity index (χ0n) is 34.1. The predicted molar refractivity (Wildman–Crippen MR) is 219 cm³/mol. The van der Waals surface area contributed by atoms with Gasteiger partial charge >= 0.3 is 29.6 Å². The van der Waals surface area contributed by atoms with E-state index < -0.39 is 75.1 Å². The Morgan fingerprint density at radius 1 is 0.902 bits per heavy atom. The van der Waals surface area contributed by atoms with Gasteiger partial charge in [-0.3, -0.25) is 47.7 Å². The summed E-state index contributed by atoms with van der Waals surface area (Å²) in [5.74, 6) is 1.86. The molecule has 5 unspecified atom stereocenters. The van der Waals surface area contributed by atoms with Crippen LogP contribution in [0.4, 0.5) is 0 Å². The molecule has 22 nitrogen and oxygen atoms in total. The fourth-order valence-electron chi connectivity index (χ4n) is 7.75. The SMILES string of the molecule is Cc1cn(C2CC(O)C(CO)S2)c(=O)n(C(C)CCn2cc(-c3ccc(C(C(=O)O)N4CCN(CC(=O)O)CC[N+](N)(CC(=O)O)CCN(CC(=O)O)CC4)cc3)nn2)c1=O. The number of rotatable bonds is 16. The first-order valence-corrected chi connectivity index (χ1v) is 20.8. The van der Waals surface area contributed by atoms with Gasteiger partial charge in [-0.25, -0.2) is 14.2 Å². The molecule has 2 saturated heterocycles. The Labute approximate surface area is 354 Å². The van der Waals surface area contributed by atoms with Crippen LogP contribution in [0.1, 0.15) is 48.3 Å². The van der Waals surface area contributed by atoms with Crippen LogP contribution < -0.4 is 17.1 Å². The summed E-state index contributed by atoms with van der Waals surface area (Å²) in [4.78, 5) is 79.6. The zero-order chi connectivity index (χ0) is 44.6. The number of benzene rings is 1. The van der Waals surface area contributed by atoms with E-state index in [2.05, 4.69) is 10.3 Å². The molecule has 3 aromatic rings. The summed E-state index contributed by atoms with van der Waals surface area (Å²) in [6.07, 6.45) is 3.01. The minimum Gasteiger partial charge on any atom is -0.480 e. The first-order chi connectivity index (χ1) is 28.9. The summed E-state index contributed by atoms with van der Waals surface area (Å²) < 4.78 is 3.77. The van der Waals surface area contributed by atoms with Gasteiger partial charge in [0, 0.05) is 62.5 Å². The monoisotopic (exact) mass is 875 g/mol. The second kappa shape index (κ2) is 20.7. The van der Waals surface area contributed by atoms with Crippen molar-refractivity contribution in [2.45, 2.75) is 62.0 Å². The van der Waals surface area contributed by atoms with E-state index in [0.717, 1.165) is 0 Å². The van der Waals surface area contributed by atoms with E-state index in [1.54, 1.807) is 63.7 Å². The highest BCUT2D eigenvalue weighted by atomic mass is 32.2. The summed E-state index contributed by atoms with van der Waals surface area (Å²) >= 11 is 1.29. The number of carboxylic acids is 4. The molecule has 0 saturated carbocycles. The van der Waals surface area contributed by atoms with Gasteiger partial charge in [0.25, 0.3) is 5.56 Å². The van der Waals surface area contributed by atoms with Crippen molar-refractivity contribution in [1.29, 1.82) is 0 Å². The molecule has 0 spiro atoms. The lowest BCUT2D eigenvalue weighted by Gasteiger charge is -2.38. The molecule has 2 aliphatic rings. The fraction of sp³-hybridized carbons (Fsp3) is 0.579. The maximum atomic E-state index is 13.6. The van der Waals surface area contributed by atoms with E-state index >= 15 is 0 Å². The van der Waals surface area contributed by atoms with Crippen LogP contribution >= 0.6 is 11.8 Å². The van der Waals surface area contributed by atoms with Gasteiger partial charge in [-0.1, -0.05) is 29.5 Å². The molecule has 0 radical (unpaired) electrons. The van der Waals surface area contributed by atoms with E-state index in [4.69, 9.17) is 5.84 Å². The number of aliphatic hydroxyl groups excluding tert-OH is 2. The number of aryl methyl sites for hydroxylation is 2. The summed E-state index contributed by atoms with van der Waals surface area (Å²) in [6.45, 7) is 2.88. The van der Waals surface area contributed by atoms with Gasteiger partial charge < -0.3 is 30.6 Å². The summed E-state index contributed by atoms with van der Waals surface area (Å²) in [5.41, 5.74) is 0.946. The smallest absolute Gasteiger partial charge is 0.361 e. The number of carbonyl (C=O) groups is 4. The Bertz CT molecular complexity index is 2110. The van der Waals surface area contributed by atoms with Crippen molar-refractivity contribution < 1.29 is 54.4 Å². The molecule has 0 bridgehead atoms. The number of aromatic nitrogens is 5. The summed E-state index contributed by atoms with van der Waals surface area (Å²) in [6, 6.07) is 4.94. The normalized spacial score (nSPS) is 21.9. The third kappa shape index (κ3) is 12.3. The van der Waals surface area contributed by atoms with Crippen molar-refractivity contribution in [3.63, 3.8) is 0 Å². The van der Waals surface area contributed by atoms with Crippen molar-refractivity contribution in [2.75, 3.05) is 78.6 Å². The third-order valence-corrected chi connectivity index (χ3v) is 12.7. The second-order valence-electron chi connectivity index (χ2n) is 15.8. The predicted octanol–water partition coefficient (Wildman–Crippen LogP) is -1.42. The number of aliphatic carboxylic acids is 4. The van der Waals surface area contributed by atoms with E-state index in [1.165, 1.54) is 27.1 Å². The standard InChI is InChI=1S/C38H54N10O12S/c1-24-18-46(31-17-29(50)30(23-49)61-31)38(60)47(36(24)57)25(2)7-8-45-19-28(40-41-45)26-3-5-27(6-4-26)35(37(58)59)44-11-9-42(20-32(51)52)13-15-48(39,22-34(55)56)16-14-43(10-12-44)21-33(53)54/h3-6,18-19,25,29-31,35,49-50H,7-17,20-23,39H2,1-2H3,(H3-,51,52,53,54,55,56,58,59)/p+1. The van der Waals surface area contributed by atoms with Crippen LogP contribution in [0.5, 0.6) is 0 Å². The molecule has 23 heteroatoms. The summed E-state index contributed by atoms with van der Waals surface area (Å²) in [7, 11) is 0. The number of nitrogens with zero attached hydrogens (tertiary/aromatic N) is 9. The van der Waals surface area contributed by atoms with Crippen molar-refractivity contribution in [1.82, 2.24) is 38.8 Å². The topological polar surface area (TPSA) is 300 Å². The zero-order valence-corrected chi connectivity index (χ0v) is 34.9. The maximum absolute atomic E-state index is 13.6. The molecule has 2 aliphatic heterocycles. The lowest BCUT2D eigenvalue weighted by Crippen LogP contribution is -2.63. The highest BCUT2D eigenvalue weighted by Crippen LogP contribution is 2.40. The van der Waals surface area contributed by atoms with Crippen molar-refractivity contribution in [3.05, 3.63) is 68.6 Å². The van der Waals surface area contributed by atoms with Crippen LogP contribution in [0.2, 0.25) is 0 Å². The number of nitrogens with two attached hydrogens (primary N) is 1. The van der Waals surface area contributed by atoms with Gasteiger partial charge in [-0.2, -0.15) is 5.84 Å². The van der Waals surface area contributed by atoms with Crippen LogP contribution in [-0.4, -0.2) is 188 Å². The van der Waals surface area contributed by atoms with E-state index in [9.17, 15) is 59.4 Å². The Balaban J connectivity index is 1.31. The molecule has 4 heterocycles. The molecule has 61 heavy (non-hydrogen) atoms. The summed E-state index contributed by atoms with van der Waals surface area (Å²) in [5, 5.41) is 66.8. The molecule has 2 fully saturated rings. The molecule has 1 aromatic carbocycles. The van der Waals surface area contributed by atoms with Crippen molar-refractivity contribution in [2.24, 2.45) is 5.84 Å². The van der Waals surface area contributed by atoms with E-state index in [0.29, 0.717) is 35.3 Å². The average molecular weight is 876 g/mol. The van der Waals surface area contributed by atoms with Crippen LogP contribution in [0, 0.1) is 6.92 Å². The Hall–Kier alpha value is -5.01. The third-order valence-electron chi connectivity index (χ3n) is 11.2. The van der Waals surface area contributed by atoms with Crippen LogP contribution in [0.25, 0.3) is 11.3 Å². The molecule has 0 amide bonds. The molecule has 8 N–H and O–H groups in total. The van der Waals surface area contributed by atoms with Gasteiger partial charge in [-0.05, 0) is 25.8 Å². The minimum atomic E-state index is -1.20. The van der Waals surface area contributed by atoms with Gasteiger partial charge in [0.2, 0.25) is 0 Å². The molecule has 334 valence electrons. The van der Waals surface area contributed by atoms with E-state index in [-0.39, 0.29) is 78.5 Å². The molecule has 5 atom stereocenters. The molecular formula is C38H55N10O12S+. The minimum absolute atomic E-state index is 0.0565. The lowest BCUT2D eigenvalue weighted by molar-refractivity contribution is -0.932. The van der Waals surface area contributed by atoms with Crippen molar-refractivity contribution >= 4 is 35.6 Å². The van der Waals surface area contributed by atoms with Gasteiger partial charge in [0.05, 0.1) is 55.7 Å².